The van der Waals surface area contributed by atoms with Gasteiger partial charge in [-0.05, 0) is 71.7 Å². The van der Waals surface area contributed by atoms with Gasteiger partial charge in [-0.3, -0.25) is 4.79 Å². The van der Waals surface area contributed by atoms with Crippen LogP contribution in [-0.2, 0) is 4.79 Å². The molecule has 7 heteroatoms. The summed E-state index contributed by atoms with van der Waals surface area (Å²) in [5, 5.41) is 16.1. The van der Waals surface area contributed by atoms with Crippen LogP contribution >= 0.6 is 0 Å². The van der Waals surface area contributed by atoms with Gasteiger partial charge in [0.2, 0.25) is 0 Å². The number of nitrogens with two attached hydrogens (primary N) is 1. The van der Waals surface area contributed by atoms with Crippen molar-refractivity contribution in [3.8, 4) is 22.3 Å². The standard InChI is InChI=1S/C30H27FN4O2/c31-24-13-11-20(12-14-24)27-28(21-7-5-18(6-8-21)15-26(36)37)34-30-25(17-33-35(30)29(27)32)23-10-9-19-3-1-2-4-22(19)16-23/h1-4,9-14,16-18,21H,5-8,15,32H2,(H,36,37). The van der Waals surface area contributed by atoms with E-state index in [9.17, 15) is 14.3 Å². The molecular weight excluding hydrogens is 467 g/mol. The van der Waals surface area contributed by atoms with Crippen molar-refractivity contribution < 1.29 is 14.3 Å². The molecule has 1 saturated carbocycles. The summed E-state index contributed by atoms with van der Waals surface area (Å²) in [6, 6.07) is 20.8. The Balaban J connectivity index is 1.49. The number of halogens is 1. The summed E-state index contributed by atoms with van der Waals surface area (Å²) in [5.74, 6) is -0.307. The van der Waals surface area contributed by atoms with Gasteiger partial charge in [-0.1, -0.05) is 48.5 Å². The number of carboxylic acids is 1. The highest BCUT2D eigenvalue weighted by molar-refractivity contribution is 5.91. The quantitative estimate of drug-likeness (QED) is 0.284. The first-order chi connectivity index (χ1) is 18.0. The SMILES string of the molecule is Nc1c(-c2ccc(F)cc2)c(C2CCC(CC(=O)O)CC2)nc2c(-c3ccc4ccccc4c3)cnn12. The van der Waals surface area contributed by atoms with Crippen LogP contribution in [0.3, 0.4) is 0 Å². The largest absolute Gasteiger partial charge is 0.481 e. The van der Waals surface area contributed by atoms with E-state index >= 15 is 0 Å². The minimum absolute atomic E-state index is 0.122. The number of anilines is 1. The van der Waals surface area contributed by atoms with Gasteiger partial charge in [-0.15, -0.1) is 0 Å². The maximum atomic E-state index is 13.7. The van der Waals surface area contributed by atoms with E-state index in [1.807, 2.05) is 12.1 Å². The Kier molecular flexibility index (Phi) is 5.83. The van der Waals surface area contributed by atoms with Crippen molar-refractivity contribution >= 4 is 28.2 Å². The third-order valence-electron chi connectivity index (χ3n) is 7.60. The molecule has 6 nitrogen and oxygen atoms in total. The van der Waals surface area contributed by atoms with Gasteiger partial charge in [-0.25, -0.2) is 9.37 Å². The summed E-state index contributed by atoms with van der Waals surface area (Å²) in [5.41, 5.74) is 11.8. The van der Waals surface area contributed by atoms with Crippen molar-refractivity contribution in [2.75, 3.05) is 5.73 Å². The van der Waals surface area contributed by atoms with Gasteiger partial charge in [0.25, 0.3) is 0 Å². The number of nitrogens with zero attached hydrogens (tertiary/aromatic N) is 3. The fourth-order valence-electron chi connectivity index (χ4n) is 5.69. The van der Waals surface area contributed by atoms with Gasteiger partial charge in [0, 0.05) is 23.5 Å². The van der Waals surface area contributed by atoms with Crippen molar-refractivity contribution in [1.29, 1.82) is 0 Å². The molecule has 6 rings (SSSR count). The van der Waals surface area contributed by atoms with E-state index < -0.39 is 5.97 Å². The average Bonchev–Trinajstić information content (AvgIpc) is 3.34. The van der Waals surface area contributed by atoms with Crippen LogP contribution < -0.4 is 5.73 Å². The number of benzene rings is 3. The summed E-state index contributed by atoms with van der Waals surface area (Å²) < 4.78 is 15.4. The van der Waals surface area contributed by atoms with Crippen LogP contribution in [0.4, 0.5) is 10.2 Å². The van der Waals surface area contributed by atoms with Gasteiger partial charge in [0.05, 0.1) is 11.9 Å². The molecule has 0 saturated heterocycles. The Bertz CT molecular complexity index is 1620. The lowest BCUT2D eigenvalue weighted by Gasteiger charge is -2.29. The molecule has 0 spiro atoms. The first-order valence-corrected chi connectivity index (χ1v) is 12.6. The van der Waals surface area contributed by atoms with Crippen LogP contribution in [0.25, 0.3) is 38.7 Å². The third kappa shape index (κ3) is 4.31. The van der Waals surface area contributed by atoms with Crippen molar-refractivity contribution in [2.45, 2.75) is 38.0 Å². The van der Waals surface area contributed by atoms with Gasteiger partial charge < -0.3 is 10.8 Å². The Hall–Kier alpha value is -4.26. The first-order valence-electron chi connectivity index (χ1n) is 12.6. The molecule has 1 aliphatic carbocycles. The van der Waals surface area contributed by atoms with Gasteiger partial charge in [-0.2, -0.15) is 9.61 Å². The number of hydrogen-bond acceptors (Lipinski definition) is 4. The topological polar surface area (TPSA) is 93.5 Å². The maximum absolute atomic E-state index is 13.7. The van der Waals surface area contributed by atoms with Crippen LogP contribution in [0.5, 0.6) is 0 Å². The summed E-state index contributed by atoms with van der Waals surface area (Å²) in [6.45, 7) is 0. The predicted molar refractivity (Wildman–Crippen MR) is 143 cm³/mol. The molecule has 1 aliphatic rings. The highest BCUT2D eigenvalue weighted by Gasteiger charge is 2.29. The van der Waals surface area contributed by atoms with Crippen LogP contribution in [0.2, 0.25) is 0 Å². The normalized spacial score (nSPS) is 17.9. The number of nitrogen functional groups attached to an aromatic ring is 1. The summed E-state index contributed by atoms with van der Waals surface area (Å²) in [4.78, 5) is 16.4. The Morgan fingerprint density at radius 2 is 1.68 bits per heavy atom. The van der Waals surface area contributed by atoms with E-state index in [2.05, 4.69) is 35.4 Å². The highest BCUT2D eigenvalue weighted by atomic mass is 19.1. The molecule has 186 valence electrons. The zero-order valence-corrected chi connectivity index (χ0v) is 20.3. The first kappa shape index (κ1) is 23.2. The zero-order chi connectivity index (χ0) is 25.5. The van der Waals surface area contributed by atoms with Crippen molar-refractivity contribution in [3.63, 3.8) is 0 Å². The number of carbonyl (C=O) groups is 1. The van der Waals surface area contributed by atoms with Crippen LogP contribution in [0.15, 0.2) is 72.9 Å². The molecule has 0 atom stereocenters. The van der Waals surface area contributed by atoms with Crippen molar-refractivity contribution in [2.24, 2.45) is 5.92 Å². The fraction of sp³-hybridized carbons (Fsp3) is 0.233. The number of hydrogen-bond donors (Lipinski definition) is 2. The van der Waals surface area contributed by atoms with E-state index in [4.69, 9.17) is 10.7 Å². The monoisotopic (exact) mass is 494 g/mol. The lowest BCUT2D eigenvalue weighted by atomic mass is 9.77. The van der Waals surface area contributed by atoms with Crippen LogP contribution in [0, 0.1) is 11.7 Å². The molecule has 3 N–H and O–H groups in total. The molecule has 0 radical (unpaired) electrons. The minimum atomic E-state index is -0.751. The van der Waals surface area contributed by atoms with Crippen LogP contribution in [0.1, 0.15) is 43.7 Å². The van der Waals surface area contributed by atoms with E-state index in [1.165, 1.54) is 12.1 Å². The molecule has 0 aliphatic heterocycles. The molecule has 2 heterocycles. The molecule has 5 aromatic rings. The molecule has 37 heavy (non-hydrogen) atoms. The molecule has 3 aromatic carbocycles. The molecule has 1 fully saturated rings. The van der Waals surface area contributed by atoms with Gasteiger partial charge in [0.1, 0.15) is 11.6 Å². The molecular formula is C30H27FN4O2. The Labute approximate surface area is 213 Å². The number of rotatable bonds is 5. The summed E-state index contributed by atoms with van der Waals surface area (Å²) in [7, 11) is 0. The summed E-state index contributed by atoms with van der Waals surface area (Å²) in [6.07, 6.45) is 5.29. The highest BCUT2D eigenvalue weighted by Crippen LogP contribution is 2.43. The van der Waals surface area contributed by atoms with Crippen LogP contribution in [-0.4, -0.2) is 25.7 Å². The van der Waals surface area contributed by atoms with Crippen molar-refractivity contribution in [1.82, 2.24) is 14.6 Å². The van der Waals surface area contributed by atoms with E-state index in [0.717, 1.165) is 64.4 Å². The number of carboxylic acid groups (broad SMARTS) is 1. The molecule has 0 bridgehead atoms. The lowest BCUT2D eigenvalue weighted by molar-refractivity contribution is -0.138. The maximum Gasteiger partial charge on any atom is 0.303 e. The molecule has 0 amide bonds. The number of aromatic nitrogens is 3. The number of aliphatic carboxylic acids is 1. The number of fused-ring (bicyclic) bond motifs is 2. The smallest absolute Gasteiger partial charge is 0.303 e. The van der Waals surface area contributed by atoms with Gasteiger partial charge >= 0.3 is 5.97 Å². The van der Waals surface area contributed by atoms with E-state index in [1.54, 1.807) is 22.8 Å². The van der Waals surface area contributed by atoms with E-state index in [0.29, 0.717) is 11.5 Å². The van der Waals surface area contributed by atoms with E-state index in [-0.39, 0.29) is 24.1 Å². The Morgan fingerprint density at radius 3 is 2.41 bits per heavy atom. The predicted octanol–water partition coefficient (Wildman–Crippen LogP) is 6.69. The Morgan fingerprint density at radius 1 is 0.973 bits per heavy atom. The average molecular weight is 495 g/mol. The second-order valence-corrected chi connectivity index (χ2v) is 9.94. The minimum Gasteiger partial charge on any atom is -0.481 e. The zero-order valence-electron chi connectivity index (χ0n) is 20.3. The fourth-order valence-corrected chi connectivity index (χ4v) is 5.69. The lowest BCUT2D eigenvalue weighted by Crippen LogP contribution is -2.19. The van der Waals surface area contributed by atoms with Gasteiger partial charge in [0.15, 0.2) is 5.65 Å². The second-order valence-electron chi connectivity index (χ2n) is 9.94. The van der Waals surface area contributed by atoms with Crippen molar-refractivity contribution in [3.05, 3.63) is 84.4 Å². The summed E-state index contributed by atoms with van der Waals surface area (Å²) >= 11 is 0. The third-order valence-corrected chi connectivity index (χ3v) is 7.60. The second kappa shape index (κ2) is 9.32. The molecule has 0 unspecified atom stereocenters. The molecule has 2 aromatic heterocycles.